The Bertz CT molecular complexity index is 539. The highest BCUT2D eigenvalue weighted by molar-refractivity contribution is 5.74. The van der Waals surface area contributed by atoms with Crippen LogP contribution in [0.15, 0.2) is 6.20 Å². The summed E-state index contributed by atoms with van der Waals surface area (Å²) in [5, 5.41) is 8.61. The molecule has 2 atom stereocenters. The van der Waals surface area contributed by atoms with E-state index in [2.05, 4.69) is 15.7 Å². The van der Waals surface area contributed by atoms with Crippen molar-refractivity contribution in [2.45, 2.75) is 51.1 Å². The van der Waals surface area contributed by atoms with Crippen molar-refractivity contribution in [1.82, 2.24) is 20.4 Å². The van der Waals surface area contributed by atoms with E-state index in [9.17, 15) is 18.0 Å². The van der Waals surface area contributed by atoms with E-state index in [1.54, 1.807) is 0 Å². The molecule has 2 N–H and O–H groups in total. The van der Waals surface area contributed by atoms with Crippen molar-refractivity contribution in [2.24, 2.45) is 7.05 Å². The molecule has 9 heteroatoms. The SMILES string of the molecule is CC[C@@H](NC(=O)NCc1cn(C)nc1C(F)(F)F)[C@@H]1CCCO1. The summed E-state index contributed by atoms with van der Waals surface area (Å²) in [6, 6.07) is -0.655. The summed E-state index contributed by atoms with van der Waals surface area (Å²) >= 11 is 0. The first-order chi connectivity index (χ1) is 10.8. The first-order valence-electron chi connectivity index (χ1n) is 7.57. The van der Waals surface area contributed by atoms with Gasteiger partial charge in [0.2, 0.25) is 0 Å². The number of aromatic nitrogens is 2. The molecule has 0 aromatic carbocycles. The molecule has 0 spiro atoms. The number of alkyl halides is 3. The van der Waals surface area contributed by atoms with E-state index in [1.807, 2.05) is 6.92 Å². The van der Waals surface area contributed by atoms with Crippen molar-refractivity contribution in [3.63, 3.8) is 0 Å². The van der Waals surface area contributed by atoms with Crippen LogP contribution in [0.4, 0.5) is 18.0 Å². The molecule has 2 heterocycles. The lowest BCUT2D eigenvalue weighted by molar-refractivity contribution is -0.142. The molecule has 1 aliphatic rings. The molecule has 1 aliphatic heterocycles. The Morgan fingerprint density at radius 2 is 2.30 bits per heavy atom. The zero-order chi connectivity index (χ0) is 17.0. The standard InChI is InChI=1S/C14H21F3N4O2/c1-3-10(11-5-4-6-23-11)19-13(22)18-7-9-8-21(2)20-12(9)14(15,16)17/h8,10-11H,3-7H2,1-2H3,(H2,18,19,22)/t10-,11+/m1/s1. The molecular formula is C14H21F3N4O2. The fourth-order valence-corrected chi connectivity index (χ4v) is 2.68. The maximum absolute atomic E-state index is 12.8. The molecule has 1 aromatic rings. The van der Waals surface area contributed by atoms with Crippen LogP contribution in [0.2, 0.25) is 0 Å². The van der Waals surface area contributed by atoms with Gasteiger partial charge in [-0.05, 0) is 19.3 Å². The van der Waals surface area contributed by atoms with Crippen LogP contribution in [-0.2, 0) is 24.5 Å². The van der Waals surface area contributed by atoms with Crippen LogP contribution >= 0.6 is 0 Å². The minimum Gasteiger partial charge on any atom is -0.376 e. The summed E-state index contributed by atoms with van der Waals surface area (Å²) < 4.78 is 45.1. The van der Waals surface area contributed by atoms with Gasteiger partial charge in [-0.1, -0.05) is 6.92 Å². The number of carbonyl (C=O) groups is 1. The van der Waals surface area contributed by atoms with Gasteiger partial charge in [0.1, 0.15) is 0 Å². The fraction of sp³-hybridized carbons (Fsp3) is 0.714. The predicted octanol–water partition coefficient (Wildman–Crippen LogP) is 2.20. The van der Waals surface area contributed by atoms with Crippen molar-refractivity contribution >= 4 is 6.03 Å². The number of hydrogen-bond acceptors (Lipinski definition) is 3. The smallest absolute Gasteiger partial charge is 0.376 e. The minimum absolute atomic E-state index is 0.0325. The molecule has 1 saturated heterocycles. The Balaban J connectivity index is 1.91. The number of nitrogens with zero attached hydrogens (tertiary/aromatic N) is 2. The van der Waals surface area contributed by atoms with E-state index in [4.69, 9.17) is 4.74 Å². The highest BCUT2D eigenvalue weighted by atomic mass is 19.4. The zero-order valence-electron chi connectivity index (χ0n) is 13.1. The van der Waals surface area contributed by atoms with Crippen molar-refractivity contribution in [3.05, 3.63) is 17.5 Å². The Kier molecular flexibility index (Phi) is 5.51. The minimum atomic E-state index is -4.54. The summed E-state index contributed by atoms with van der Waals surface area (Å²) in [5.74, 6) is 0. The Labute approximate surface area is 132 Å². The van der Waals surface area contributed by atoms with Crippen LogP contribution < -0.4 is 10.6 Å². The first kappa shape index (κ1) is 17.6. The Hall–Kier alpha value is -1.77. The monoisotopic (exact) mass is 334 g/mol. The van der Waals surface area contributed by atoms with Crippen molar-refractivity contribution in [2.75, 3.05) is 6.61 Å². The highest BCUT2D eigenvalue weighted by Crippen LogP contribution is 2.30. The maximum Gasteiger partial charge on any atom is 0.435 e. The molecule has 2 amide bonds. The summed E-state index contributed by atoms with van der Waals surface area (Å²) in [6.45, 7) is 2.36. The van der Waals surface area contributed by atoms with Gasteiger partial charge < -0.3 is 15.4 Å². The molecule has 0 saturated carbocycles. The molecule has 1 fully saturated rings. The van der Waals surface area contributed by atoms with Crippen molar-refractivity contribution in [3.8, 4) is 0 Å². The summed E-state index contributed by atoms with van der Waals surface area (Å²) in [6.07, 6.45) is -0.804. The van der Waals surface area contributed by atoms with Crippen LogP contribution in [0.5, 0.6) is 0 Å². The number of ether oxygens (including phenoxy) is 1. The van der Waals surface area contributed by atoms with E-state index >= 15 is 0 Å². The van der Waals surface area contributed by atoms with E-state index < -0.39 is 17.9 Å². The van der Waals surface area contributed by atoms with Gasteiger partial charge in [0.15, 0.2) is 5.69 Å². The average Bonchev–Trinajstić information content (AvgIpc) is 3.11. The van der Waals surface area contributed by atoms with Gasteiger partial charge >= 0.3 is 12.2 Å². The predicted molar refractivity (Wildman–Crippen MR) is 76.6 cm³/mol. The van der Waals surface area contributed by atoms with E-state index in [0.29, 0.717) is 13.0 Å². The number of amides is 2. The largest absolute Gasteiger partial charge is 0.435 e. The normalized spacial score (nSPS) is 19.6. The number of urea groups is 1. The van der Waals surface area contributed by atoms with Crippen LogP contribution in [0.3, 0.4) is 0 Å². The number of nitrogens with one attached hydrogen (secondary N) is 2. The lowest BCUT2D eigenvalue weighted by Crippen LogP contribution is -2.47. The van der Waals surface area contributed by atoms with Crippen LogP contribution in [0.25, 0.3) is 0 Å². The molecule has 23 heavy (non-hydrogen) atoms. The number of aryl methyl sites for hydroxylation is 1. The third-order valence-corrected chi connectivity index (χ3v) is 3.78. The first-order valence-corrected chi connectivity index (χ1v) is 7.57. The van der Waals surface area contributed by atoms with Gasteiger partial charge in [0.05, 0.1) is 12.1 Å². The van der Waals surface area contributed by atoms with Gasteiger partial charge in [0, 0.05) is 32.0 Å². The van der Waals surface area contributed by atoms with E-state index in [0.717, 1.165) is 17.5 Å². The van der Waals surface area contributed by atoms with Crippen molar-refractivity contribution in [1.29, 1.82) is 0 Å². The Morgan fingerprint density at radius 3 is 2.87 bits per heavy atom. The van der Waals surface area contributed by atoms with Gasteiger partial charge in [-0.25, -0.2) is 4.79 Å². The second kappa shape index (κ2) is 7.20. The molecule has 0 unspecified atom stereocenters. The lowest BCUT2D eigenvalue weighted by atomic mass is 10.1. The van der Waals surface area contributed by atoms with Gasteiger partial charge in [-0.3, -0.25) is 4.68 Å². The fourth-order valence-electron chi connectivity index (χ4n) is 2.68. The van der Waals surface area contributed by atoms with Crippen LogP contribution in [-0.4, -0.2) is 34.6 Å². The highest BCUT2D eigenvalue weighted by Gasteiger charge is 2.37. The Morgan fingerprint density at radius 1 is 1.57 bits per heavy atom. The summed E-state index contributed by atoms with van der Waals surface area (Å²) in [5.41, 5.74) is -1.05. The van der Waals surface area contributed by atoms with Crippen LogP contribution in [0.1, 0.15) is 37.4 Å². The quantitative estimate of drug-likeness (QED) is 0.867. The molecule has 0 bridgehead atoms. The number of hydrogen-bond donors (Lipinski definition) is 2. The number of halogens is 3. The van der Waals surface area contributed by atoms with Gasteiger partial charge in [0.25, 0.3) is 0 Å². The third kappa shape index (κ3) is 4.60. The number of carbonyl (C=O) groups excluding carboxylic acids is 1. The van der Waals surface area contributed by atoms with Crippen molar-refractivity contribution < 1.29 is 22.7 Å². The second-order valence-corrected chi connectivity index (χ2v) is 5.57. The molecule has 2 rings (SSSR count). The third-order valence-electron chi connectivity index (χ3n) is 3.78. The topological polar surface area (TPSA) is 68.2 Å². The molecule has 1 aromatic heterocycles. The molecule has 0 radical (unpaired) electrons. The van der Waals surface area contributed by atoms with E-state index in [1.165, 1.54) is 13.2 Å². The molecule has 6 nitrogen and oxygen atoms in total. The number of rotatable bonds is 5. The lowest BCUT2D eigenvalue weighted by Gasteiger charge is -2.23. The molecular weight excluding hydrogens is 313 g/mol. The molecule has 130 valence electrons. The average molecular weight is 334 g/mol. The van der Waals surface area contributed by atoms with E-state index in [-0.39, 0.29) is 24.3 Å². The molecule has 0 aliphatic carbocycles. The summed E-state index contributed by atoms with van der Waals surface area (Å²) in [7, 11) is 1.41. The second-order valence-electron chi connectivity index (χ2n) is 5.57. The van der Waals surface area contributed by atoms with Gasteiger partial charge in [-0.2, -0.15) is 18.3 Å². The zero-order valence-corrected chi connectivity index (χ0v) is 13.1. The van der Waals surface area contributed by atoms with Crippen LogP contribution in [0, 0.1) is 0 Å². The maximum atomic E-state index is 12.8. The summed E-state index contributed by atoms with van der Waals surface area (Å²) in [4.78, 5) is 11.9. The van der Waals surface area contributed by atoms with Gasteiger partial charge in [-0.15, -0.1) is 0 Å².